The van der Waals surface area contributed by atoms with E-state index < -0.39 is 0 Å². The summed E-state index contributed by atoms with van der Waals surface area (Å²) in [6.07, 6.45) is 3.29. The molecule has 1 aliphatic heterocycles. The lowest BCUT2D eigenvalue weighted by atomic mass is 9.74. The summed E-state index contributed by atoms with van der Waals surface area (Å²) in [6, 6.07) is 8.29. The van der Waals surface area contributed by atoms with Crippen LogP contribution in [0.3, 0.4) is 0 Å². The first kappa shape index (κ1) is 18.7. The van der Waals surface area contributed by atoms with E-state index in [1.165, 1.54) is 5.56 Å². The van der Waals surface area contributed by atoms with Crippen LogP contribution in [0.15, 0.2) is 24.3 Å². The van der Waals surface area contributed by atoms with Gasteiger partial charge in [-0.25, -0.2) is 0 Å². The van der Waals surface area contributed by atoms with E-state index in [1.807, 2.05) is 26.1 Å². The van der Waals surface area contributed by atoms with Crippen molar-refractivity contribution in [3.05, 3.63) is 29.8 Å². The largest absolute Gasteiger partial charge is 0.494 e. The first-order valence-corrected chi connectivity index (χ1v) is 8.92. The molecular formula is C19H30N2O3. The molecule has 1 amide bonds. The molecule has 2 N–H and O–H groups in total. The lowest BCUT2D eigenvalue weighted by Gasteiger charge is -2.38. The van der Waals surface area contributed by atoms with Crippen LogP contribution in [0.2, 0.25) is 0 Å². The fraction of sp³-hybridized carbons (Fsp3) is 0.632. The maximum absolute atomic E-state index is 12.1. The molecule has 0 unspecified atom stereocenters. The molecular weight excluding hydrogens is 304 g/mol. The molecule has 1 aliphatic rings. The van der Waals surface area contributed by atoms with Crippen LogP contribution >= 0.6 is 0 Å². The number of carbonyl (C=O) groups is 1. The molecule has 1 fully saturated rings. The van der Waals surface area contributed by atoms with Crippen molar-refractivity contribution >= 4 is 5.91 Å². The standard InChI is InChI=1S/C19H30N2O3/c1-3-24-17-8-6-16(7-9-17)19(10-13-23-14-11-19)15-21-18(22)5-4-12-20-2/h6-9,20H,3-5,10-15H2,1-2H3,(H,21,22). The summed E-state index contributed by atoms with van der Waals surface area (Å²) >= 11 is 0. The zero-order valence-electron chi connectivity index (χ0n) is 14.9. The van der Waals surface area contributed by atoms with Crippen LogP contribution in [0.5, 0.6) is 5.75 Å². The zero-order chi connectivity index (χ0) is 17.3. The third-order valence-electron chi connectivity index (χ3n) is 4.68. The van der Waals surface area contributed by atoms with Gasteiger partial charge in [-0.1, -0.05) is 12.1 Å². The van der Waals surface area contributed by atoms with Gasteiger partial charge in [0, 0.05) is 31.6 Å². The fourth-order valence-electron chi connectivity index (χ4n) is 3.18. The van der Waals surface area contributed by atoms with E-state index in [1.54, 1.807) is 0 Å². The molecule has 5 heteroatoms. The maximum Gasteiger partial charge on any atom is 0.220 e. The second-order valence-corrected chi connectivity index (χ2v) is 6.33. The molecule has 1 aromatic rings. The first-order valence-electron chi connectivity index (χ1n) is 8.92. The van der Waals surface area contributed by atoms with E-state index in [9.17, 15) is 4.79 Å². The van der Waals surface area contributed by atoms with Gasteiger partial charge in [0.1, 0.15) is 5.75 Å². The average Bonchev–Trinajstić information content (AvgIpc) is 2.62. The smallest absolute Gasteiger partial charge is 0.220 e. The third kappa shape index (κ3) is 5.21. The normalized spacial score (nSPS) is 16.6. The van der Waals surface area contributed by atoms with Gasteiger partial charge in [-0.2, -0.15) is 0 Å². The summed E-state index contributed by atoms with van der Waals surface area (Å²) in [4.78, 5) is 12.1. The summed E-state index contributed by atoms with van der Waals surface area (Å²) in [7, 11) is 1.90. The monoisotopic (exact) mass is 334 g/mol. The molecule has 0 aromatic heterocycles. The lowest BCUT2D eigenvalue weighted by molar-refractivity contribution is -0.121. The quantitative estimate of drug-likeness (QED) is 0.680. The SMILES string of the molecule is CCOc1ccc(C2(CNC(=O)CCCNC)CCOCC2)cc1. The molecule has 0 atom stereocenters. The number of hydrogen-bond donors (Lipinski definition) is 2. The third-order valence-corrected chi connectivity index (χ3v) is 4.68. The second kappa shape index (κ2) is 9.64. The van der Waals surface area contributed by atoms with E-state index in [4.69, 9.17) is 9.47 Å². The number of amides is 1. The van der Waals surface area contributed by atoms with Gasteiger partial charge in [0.15, 0.2) is 0 Å². The number of benzene rings is 1. The van der Waals surface area contributed by atoms with Gasteiger partial charge in [-0.3, -0.25) is 4.79 Å². The number of rotatable bonds is 9. The minimum atomic E-state index is -0.0400. The van der Waals surface area contributed by atoms with Crippen molar-refractivity contribution in [3.63, 3.8) is 0 Å². The summed E-state index contributed by atoms with van der Waals surface area (Å²) in [5.41, 5.74) is 1.21. The molecule has 24 heavy (non-hydrogen) atoms. The molecule has 5 nitrogen and oxygen atoms in total. The van der Waals surface area contributed by atoms with Crippen molar-refractivity contribution in [1.29, 1.82) is 0 Å². The van der Waals surface area contributed by atoms with Crippen LogP contribution in [0.25, 0.3) is 0 Å². The Kier molecular flexibility index (Phi) is 7.53. The summed E-state index contributed by atoms with van der Waals surface area (Å²) in [5.74, 6) is 1.02. The average molecular weight is 334 g/mol. The Morgan fingerprint density at radius 1 is 1.25 bits per heavy atom. The minimum absolute atomic E-state index is 0.0400. The Morgan fingerprint density at radius 3 is 2.58 bits per heavy atom. The van der Waals surface area contributed by atoms with Gasteiger partial charge < -0.3 is 20.1 Å². The van der Waals surface area contributed by atoms with Gasteiger partial charge in [-0.05, 0) is 57.5 Å². The number of hydrogen-bond acceptors (Lipinski definition) is 4. The molecule has 1 saturated heterocycles. The maximum atomic E-state index is 12.1. The van der Waals surface area contributed by atoms with Crippen LogP contribution in [-0.4, -0.2) is 45.9 Å². The van der Waals surface area contributed by atoms with Crippen LogP contribution in [0.4, 0.5) is 0 Å². The number of nitrogens with one attached hydrogen (secondary N) is 2. The predicted octanol–water partition coefficient (Wildman–Crippen LogP) is 2.25. The Bertz CT molecular complexity index is 496. The number of ether oxygens (including phenoxy) is 2. The van der Waals surface area contributed by atoms with Crippen molar-refractivity contribution in [2.75, 3.05) is 40.0 Å². The molecule has 2 rings (SSSR count). The summed E-state index contributed by atoms with van der Waals surface area (Å²) in [6.45, 7) is 5.66. The van der Waals surface area contributed by atoms with Crippen molar-refractivity contribution in [1.82, 2.24) is 10.6 Å². The Balaban J connectivity index is 2.01. The molecule has 0 spiro atoms. The van der Waals surface area contributed by atoms with Gasteiger partial charge >= 0.3 is 0 Å². The van der Waals surface area contributed by atoms with E-state index in [0.717, 1.165) is 44.8 Å². The van der Waals surface area contributed by atoms with Gasteiger partial charge in [0.2, 0.25) is 5.91 Å². The van der Waals surface area contributed by atoms with Gasteiger partial charge in [0.05, 0.1) is 6.61 Å². The summed E-state index contributed by atoms with van der Waals surface area (Å²) in [5, 5.41) is 6.21. The Labute approximate surface area is 145 Å². The summed E-state index contributed by atoms with van der Waals surface area (Å²) < 4.78 is 11.1. The predicted molar refractivity (Wildman–Crippen MR) is 95.5 cm³/mol. The van der Waals surface area contributed by atoms with E-state index in [-0.39, 0.29) is 11.3 Å². The molecule has 0 bridgehead atoms. The zero-order valence-corrected chi connectivity index (χ0v) is 14.9. The lowest BCUT2D eigenvalue weighted by Crippen LogP contribution is -2.44. The highest BCUT2D eigenvalue weighted by atomic mass is 16.5. The van der Waals surface area contributed by atoms with Crippen LogP contribution < -0.4 is 15.4 Å². The fourth-order valence-corrected chi connectivity index (χ4v) is 3.18. The van der Waals surface area contributed by atoms with Gasteiger partial charge in [-0.15, -0.1) is 0 Å². The van der Waals surface area contributed by atoms with Crippen molar-refractivity contribution < 1.29 is 14.3 Å². The molecule has 0 saturated carbocycles. The van der Waals surface area contributed by atoms with E-state index in [0.29, 0.717) is 19.6 Å². The molecule has 1 heterocycles. The van der Waals surface area contributed by atoms with Crippen LogP contribution in [0.1, 0.15) is 38.2 Å². The van der Waals surface area contributed by atoms with Crippen molar-refractivity contribution in [2.24, 2.45) is 0 Å². The van der Waals surface area contributed by atoms with Gasteiger partial charge in [0.25, 0.3) is 0 Å². The second-order valence-electron chi connectivity index (χ2n) is 6.33. The van der Waals surface area contributed by atoms with Crippen molar-refractivity contribution in [3.8, 4) is 5.75 Å². The highest BCUT2D eigenvalue weighted by molar-refractivity contribution is 5.76. The molecule has 1 aromatic carbocycles. The minimum Gasteiger partial charge on any atom is -0.494 e. The molecule has 134 valence electrons. The highest BCUT2D eigenvalue weighted by Crippen LogP contribution is 2.35. The Morgan fingerprint density at radius 2 is 1.96 bits per heavy atom. The van der Waals surface area contributed by atoms with E-state index >= 15 is 0 Å². The Hall–Kier alpha value is -1.59. The highest BCUT2D eigenvalue weighted by Gasteiger charge is 2.34. The molecule has 0 radical (unpaired) electrons. The van der Waals surface area contributed by atoms with E-state index in [2.05, 4.69) is 22.8 Å². The topological polar surface area (TPSA) is 59.6 Å². The van der Waals surface area contributed by atoms with Crippen LogP contribution in [-0.2, 0) is 14.9 Å². The first-order chi connectivity index (χ1) is 11.7. The van der Waals surface area contributed by atoms with Crippen molar-refractivity contribution in [2.45, 2.75) is 38.0 Å². The van der Waals surface area contributed by atoms with Crippen LogP contribution in [0, 0.1) is 0 Å². The molecule has 0 aliphatic carbocycles. The number of carbonyl (C=O) groups excluding carboxylic acids is 1.